The van der Waals surface area contributed by atoms with Crippen LogP contribution in [0.4, 0.5) is 5.69 Å². The van der Waals surface area contributed by atoms with Crippen molar-refractivity contribution < 1.29 is 14.3 Å². The molecule has 146 valence electrons. The molecule has 0 fully saturated rings. The van der Waals surface area contributed by atoms with Crippen molar-refractivity contribution >= 4 is 40.9 Å². The molecule has 0 aliphatic heterocycles. The molecule has 5 nitrogen and oxygen atoms in total. The van der Waals surface area contributed by atoms with Gasteiger partial charge >= 0.3 is 0 Å². The number of carbonyl (C=O) groups excluding carboxylic acids is 1. The summed E-state index contributed by atoms with van der Waals surface area (Å²) < 4.78 is 11.2. The van der Waals surface area contributed by atoms with Crippen LogP contribution in [0.15, 0.2) is 42.0 Å². The summed E-state index contributed by atoms with van der Waals surface area (Å²) in [6.07, 6.45) is 2.19. The van der Waals surface area contributed by atoms with Crippen molar-refractivity contribution in [1.29, 1.82) is 5.26 Å². The summed E-state index contributed by atoms with van der Waals surface area (Å²) in [5.41, 5.74) is 0.848. The lowest BCUT2D eigenvalue weighted by molar-refractivity contribution is -0.112. The summed E-state index contributed by atoms with van der Waals surface area (Å²) in [4.78, 5) is 12.4. The van der Waals surface area contributed by atoms with Crippen LogP contribution >= 0.6 is 23.2 Å². The van der Waals surface area contributed by atoms with Crippen LogP contribution in [0.1, 0.15) is 25.8 Å². The van der Waals surface area contributed by atoms with E-state index in [-0.39, 0.29) is 11.7 Å². The average Bonchev–Trinajstić information content (AvgIpc) is 2.69. The van der Waals surface area contributed by atoms with Crippen molar-refractivity contribution in [3.05, 3.63) is 57.6 Å². The van der Waals surface area contributed by atoms with Crippen molar-refractivity contribution in [2.45, 2.75) is 26.4 Å². The molecule has 0 aliphatic rings. The van der Waals surface area contributed by atoms with E-state index in [1.807, 2.05) is 19.9 Å². The Labute approximate surface area is 174 Å². The first-order valence-corrected chi connectivity index (χ1v) is 9.37. The van der Waals surface area contributed by atoms with Crippen LogP contribution in [0.25, 0.3) is 6.08 Å². The van der Waals surface area contributed by atoms with Crippen molar-refractivity contribution in [3.63, 3.8) is 0 Å². The Morgan fingerprint density at radius 1 is 1.29 bits per heavy atom. The van der Waals surface area contributed by atoms with E-state index in [9.17, 15) is 10.1 Å². The third kappa shape index (κ3) is 5.41. The Morgan fingerprint density at radius 3 is 2.61 bits per heavy atom. The lowest BCUT2D eigenvalue weighted by atomic mass is 10.1. The van der Waals surface area contributed by atoms with Gasteiger partial charge in [-0.3, -0.25) is 4.79 Å². The van der Waals surface area contributed by atoms with Crippen molar-refractivity contribution in [2.24, 2.45) is 0 Å². The van der Waals surface area contributed by atoms with Crippen LogP contribution in [0.5, 0.6) is 11.5 Å². The number of nitriles is 1. The van der Waals surface area contributed by atoms with Gasteiger partial charge in [-0.15, -0.1) is 0 Å². The van der Waals surface area contributed by atoms with Gasteiger partial charge in [-0.05, 0) is 49.2 Å². The largest absolute Gasteiger partial charge is 0.493 e. The van der Waals surface area contributed by atoms with E-state index < -0.39 is 5.91 Å². The highest BCUT2D eigenvalue weighted by molar-refractivity contribution is 6.34. The molecule has 1 amide bonds. The normalized spacial score (nSPS) is 12.1. The molecule has 0 heterocycles. The summed E-state index contributed by atoms with van der Waals surface area (Å²) in [5, 5.41) is 12.7. The van der Waals surface area contributed by atoms with Crippen LogP contribution in [-0.2, 0) is 4.79 Å². The van der Waals surface area contributed by atoms with E-state index in [0.717, 1.165) is 6.42 Å². The predicted molar refractivity (Wildman–Crippen MR) is 112 cm³/mol. The molecule has 2 aromatic carbocycles. The number of nitrogens with zero attached hydrogens (tertiary/aromatic N) is 1. The topological polar surface area (TPSA) is 71.3 Å². The van der Waals surface area contributed by atoms with E-state index in [0.29, 0.717) is 32.8 Å². The number of anilines is 1. The molecular formula is C21H20Cl2N2O3. The number of para-hydroxylation sites is 1. The molecule has 7 heteroatoms. The Kier molecular flexibility index (Phi) is 7.74. The smallest absolute Gasteiger partial charge is 0.266 e. The minimum atomic E-state index is -0.578. The number of halogens is 2. The zero-order valence-corrected chi connectivity index (χ0v) is 17.3. The van der Waals surface area contributed by atoms with Crippen LogP contribution < -0.4 is 14.8 Å². The van der Waals surface area contributed by atoms with Gasteiger partial charge in [0.05, 0.1) is 28.9 Å². The SMILES string of the molecule is CC[C@@H](C)Oc1c(Cl)cc(/C=C(/C#N)C(=O)Nc2ccccc2Cl)cc1OC. The fourth-order valence-corrected chi connectivity index (χ4v) is 2.74. The minimum absolute atomic E-state index is 0.0381. The number of amides is 1. The molecule has 0 saturated carbocycles. The monoisotopic (exact) mass is 418 g/mol. The third-order valence-corrected chi connectivity index (χ3v) is 4.55. The second-order valence-electron chi connectivity index (χ2n) is 5.97. The van der Waals surface area contributed by atoms with Crippen LogP contribution in [-0.4, -0.2) is 19.1 Å². The molecular weight excluding hydrogens is 399 g/mol. The summed E-state index contributed by atoms with van der Waals surface area (Å²) in [7, 11) is 1.50. The van der Waals surface area contributed by atoms with Gasteiger partial charge in [0.1, 0.15) is 11.6 Å². The van der Waals surface area contributed by atoms with Gasteiger partial charge in [-0.1, -0.05) is 42.3 Å². The van der Waals surface area contributed by atoms with E-state index >= 15 is 0 Å². The van der Waals surface area contributed by atoms with Crippen molar-refractivity contribution in [3.8, 4) is 17.6 Å². The predicted octanol–water partition coefficient (Wildman–Crippen LogP) is 5.72. The fourth-order valence-electron chi connectivity index (χ4n) is 2.29. The van der Waals surface area contributed by atoms with E-state index in [2.05, 4.69) is 5.32 Å². The molecule has 1 N–H and O–H groups in total. The Balaban J connectivity index is 2.33. The van der Waals surface area contributed by atoms with Crippen LogP contribution in [0.2, 0.25) is 10.0 Å². The molecule has 1 atom stereocenters. The van der Waals surface area contributed by atoms with Crippen LogP contribution in [0.3, 0.4) is 0 Å². The number of carbonyl (C=O) groups is 1. The van der Waals surface area contributed by atoms with Crippen molar-refractivity contribution in [2.75, 3.05) is 12.4 Å². The van der Waals surface area contributed by atoms with Gasteiger partial charge in [-0.2, -0.15) is 5.26 Å². The number of methoxy groups -OCH3 is 1. The maximum atomic E-state index is 12.4. The first kappa shape index (κ1) is 21.6. The molecule has 0 aromatic heterocycles. The number of benzene rings is 2. The third-order valence-electron chi connectivity index (χ3n) is 3.94. The zero-order chi connectivity index (χ0) is 20.7. The molecule has 0 unspecified atom stereocenters. The van der Waals surface area contributed by atoms with Gasteiger partial charge in [0, 0.05) is 0 Å². The molecule has 0 spiro atoms. The highest BCUT2D eigenvalue weighted by atomic mass is 35.5. The second kappa shape index (κ2) is 10.0. The van der Waals surface area contributed by atoms with E-state index in [4.69, 9.17) is 32.7 Å². The summed E-state index contributed by atoms with van der Waals surface area (Å²) in [6.45, 7) is 3.93. The second-order valence-corrected chi connectivity index (χ2v) is 6.79. The zero-order valence-electron chi connectivity index (χ0n) is 15.8. The quantitative estimate of drug-likeness (QED) is 0.460. The number of rotatable bonds is 7. The van der Waals surface area contributed by atoms with Gasteiger partial charge in [0.2, 0.25) is 0 Å². The maximum Gasteiger partial charge on any atom is 0.266 e. The van der Waals surface area contributed by atoms with E-state index in [1.165, 1.54) is 13.2 Å². The molecule has 0 bridgehead atoms. The number of nitrogens with one attached hydrogen (secondary N) is 1. The Hall–Kier alpha value is -2.68. The van der Waals surface area contributed by atoms with Crippen molar-refractivity contribution in [1.82, 2.24) is 0 Å². The van der Waals surface area contributed by atoms with Gasteiger partial charge in [-0.25, -0.2) is 0 Å². The van der Waals surface area contributed by atoms with E-state index in [1.54, 1.807) is 36.4 Å². The molecule has 28 heavy (non-hydrogen) atoms. The average molecular weight is 419 g/mol. The Morgan fingerprint density at radius 2 is 2.00 bits per heavy atom. The summed E-state index contributed by atoms with van der Waals surface area (Å²) in [6, 6.07) is 11.9. The minimum Gasteiger partial charge on any atom is -0.493 e. The first-order chi connectivity index (χ1) is 13.4. The number of hydrogen-bond acceptors (Lipinski definition) is 4. The molecule has 0 aliphatic carbocycles. The lowest BCUT2D eigenvalue weighted by Crippen LogP contribution is -2.13. The molecule has 0 saturated heterocycles. The molecule has 2 rings (SSSR count). The number of hydrogen-bond donors (Lipinski definition) is 1. The molecule has 0 radical (unpaired) electrons. The molecule has 2 aromatic rings. The highest BCUT2D eigenvalue weighted by Crippen LogP contribution is 2.38. The lowest BCUT2D eigenvalue weighted by Gasteiger charge is -2.17. The fraction of sp³-hybridized carbons (Fsp3) is 0.238. The van der Waals surface area contributed by atoms with Gasteiger partial charge < -0.3 is 14.8 Å². The van der Waals surface area contributed by atoms with Gasteiger partial charge in [0.15, 0.2) is 11.5 Å². The first-order valence-electron chi connectivity index (χ1n) is 8.61. The highest BCUT2D eigenvalue weighted by Gasteiger charge is 2.16. The summed E-state index contributed by atoms with van der Waals surface area (Å²) >= 11 is 12.4. The summed E-state index contributed by atoms with van der Waals surface area (Å²) in [5.74, 6) is 0.267. The standard InChI is InChI=1S/C21H20Cl2N2O3/c1-4-13(2)28-20-17(23)10-14(11-19(20)27-3)9-15(12-24)21(26)25-18-8-6-5-7-16(18)22/h5-11,13H,4H2,1-3H3,(H,25,26)/b15-9-/t13-/m1/s1. The van der Waals surface area contributed by atoms with Crippen LogP contribution in [0, 0.1) is 11.3 Å². The maximum absolute atomic E-state index is 12.4. The Bertz CT molecular complexity index is 936. The number of ether oxygens (including phenoxy) is 2. The van der Waals surface area contributed by atoms with Gasteiger partial charge in [0.25, 0.3) is 5.91 Å².